The highest BCUT2D eigenvalue weighted by atomic mass is 35.5. The lowest BCUT2D eigenvalue weighted by atomic mass is 10.2. The second-order valence-electron chi connectivity index (χ2n) is 6.11. The number of halogens is 1. The fourth-order valence-electron chi connectivity index (χ4n) is 2.87. The molecule has 1 aliphatic rings. The molecule has 2 heterocycles. The predicted molar refractivity (Wildman–Crippen MR) is 95.3 cm³/mol. The van der Waals surface area contributed by atoms with Crippen molar-refractivity contribution in [3.8, 4) is 0 Å². The summed E-state index contributed by atoms with van der Waals surface area (Å²) < 4.78 is 1.68. The zero-order valence-electron chi connectivity index (χ0n) is 14.0. The van der Waals surface area contributed by atoms with E-state index in [1.165, 1.54) is 5.56 Å². The number of aryl methyl sites for hydroxylation is 2. The number of nitrogens with zero attached hydrogens (tertiary/aromatic N) is 4. The van der Waals surface area contributed by atoms with Crippen molar-refractivity contribution in [3.63, 3.8) is 0 Å². The van der Waals surface area contributed by atoms with Crippen molar-refractivity contribution in [3.05, 3.63) is 46.6 Å². The number of hydrogen-bond acceptors (Lipinski definition) is 3. The van der Waals surface area contributed by atoms with E-state index in [1.54, 1.807) is 4.68 Å². The molecule has 128 valence electrons. The van der Waals surface area contributed by atoms with Gasteiger partial charge in [0.25, 0.3) is 0 Å². The lowest BCUT2D eigenvalue weighted by molar-refractivity contribution is 0.143. The molecule has 7 heteroatoms. The van der Waals surface area contributed by atoms with Crippen LogP contribution in [0.2, 0.25) is 5.02 Å². The zero-order chi connectivity index (χ0) is 17.1. The molecule has 1 aromatic heterocycles. The minimum absolute atomic E-state index is 0.0656. The summed E-state index contributed by atoms with van der Waals surface area (Å²) in [5.41, 5.74) is 2.13. The van der Waals surface area contributed by atoms with Gasteiger partial charge in [-0.15, -0.1) is 0 Å². The molecule has 0 saturated carbocycles. The van der Waals surface area contributed by atoms with Gasteiger partial charge in [0.1, 0.15) is 5.82 Å². The molecule has 1 saturated heterocycles. The van der Waals surface area contributed by atoms with Crippen molar-refractivity contribution >= 4 is 23.4 Å². The van der Waals surface area contributed by atoms with E-state index in [2.05, 4.69) is 15.3 Å². The Bertz CT molecular complexity index is 704. The van der Waals surface area contributed by atoms with Gasteiger partial charge in [0.2, 0.25) is 0 Å². The molecule has 6 nitrogen and oxygen atoms in total. The second kappa shape index (κ2) is 7.23. The van der Waals surface area contributed by atoms with Crippen LogP contribution in [0.25, 0.3) is 0 Å². The molecule has 2 aromatic rings. The summed E-state index contributed by atoms with van der Waals surface area (Å²) in [6.07, 6.45) is 0. The van der Waals surface area contributed by atoms with Crippen molar-refractivity contribution in [2.75, 3.05) is 31.5 Å². The van der Waals surface area contributed by atoms with Gasteiger partial charge in [-0.2, -0.15) is 5.10 Å². The number of benzene rings is 1. The van der Waals surface area contributed by atoms with Crippen LogP contribution in [-0.2, 0) is 13.6 Å². The first-order valence-electron chi connectivity index (χ1n) is 8.04. The Morgan fingerprint density at radius 3 is 2.46 bits per heavy atom. The molecule has 1 N–H and O–H groups in total. The Labute approximate surface area is 147 Å². The van der Waals surface area contributed by atoms with Crippen LogP contribution >= 0.6 is 11.6 Å². The lowest BCUT2D eigenvalue weighted by Gasteiger charge is -2.34. The summed E-state index contributed by atoms with van der Waals surface area (Å²) in [6.45, 7) is 5.95. The maximum Gasteiger partial charge on any atom is 0.323 e. The minimum atomic E-state index is -0.0656. The number of piperazine rings is 1. The smallest absolute Gasteiger partial charge is 0.322 e. The highest BCUT2D eigenvalue weighted by Gasteiger charge is 2.21. The number of carbonyl (C=O) groups excluding carboxylic acids is 1. The van der Waals surface area contributed by atoms with Crippen LogP contribution in [0.15, 0.2) is 30.3 Å². The molecule has 0 radical (unpaired) electrons. The molecule has 0 atom stereocenters. The molecule has 1 fully saturated rings. The summed E-state index contributed by atoms with van der Waals surface area (Å²) >= 11 is 5.92. The number of amides is 2. The normalized spacial score (nSPS) is 15.5. The van der Waals surface area contributed by atoms with Gasteiger partial charge in [0.15, 0.2) is 0 Å². The molecule has 24 heavy (non-hydrogen) atoms. The van der Waals surface area contributed by atoms with Gasteiger partial charge in [0.05, 0.1) is 5.69 Å². The maximum atomic E-state index is 12.4. The zero-order valence-corrected chi connectivity index (χ0v) is 14.8. The molecule has 0 unspecified atom stereocenters. The Balaban J connectivity index is 1.50. The SMILES string of the molecule is Cc1cc(NC(=O)N2CCN(Cc3ccc(Cl)cc3)CC2)n(C)n1. The van der Waals surface area contributed by atoms with E-state index in [9.17, 15) is 4.79 Å². The van der Waals surface area contributed by atoms with Crippen LogP contribution in [0, 0.1) is 6.92 Å². The fraction of sp³-hybridized carbons (Fsp3) is 0.412. The van der Waals surface area contributed by atoms with Gasteiger partial charge in [-0.1, -0.05) is 23.7 Å². The first kappa shape index (κ1) is 16.8. The first-order valence-corrected chi connectivity index (χ1v) is 8.42. The Kier molecular flexibility index (Phi) is 5.06. The van der Waals surface area contributed by atoms with Crippen LogP contribution in [-0.4, -0.2) is 51.8 Å². The fourth-order valence-corrected chi connectivity index (χ4v) is 3.00. The summed E-state index contributed by atoms with van der Waals surface area (Å²) in [7, 11) is 1.83. The lowest BCUT2D eigenvalue weighted by Crippen LogP contribution is -2.49. The molecule has 0 spiro atoms. The van der Waals surface area contributed by atoms with E-state index in [0.29, 0.717) is 0 Å². The van der Waals surface area contributed by atoms with Crippen molar-refractivity contribution in [2.24, 2.45) is 7.05 Å². The molecule has 0 aliphatic carbocycles. The quantitative estimate of drug-likeness (QED) is 0.928. The number of rotatable bonds is 3. The summed E-state index contributed by atoms with van der Waals surface area (Å²) in [4.78, 5) is 16.6. The topological polar surface area (TPSA) is 53.4 Å². The van der Waals surface area contributed by atoms with Gasteiger partial charge < -0.3 is 4.90 Å². The Morgan fingerprint density at radius 1 is 1.21 bits per heavy atom. The van der Waals surface area contributed by atoms with Gasteiger partial charge in [0, 0.05) is 50.9 Å². The van der Waals surface area contributed by atoms with Crippen LogP contribution < -0.4 is 5.32 Å². The number of aromatic nitrogens is 2. The molecular weight excluding hydrogens is 326 g/mol. The monoisotopic (exact) mass is 347 g/mol. The van der Waals surface area contributed by atoms with Crippen LogP contribution in [0.1, 0.15) is 11.3 Å². The summed E-state index contributed by atoms with van der Waals surface area (Å²) in [5.74, 6) is 0.723. The highest BCUT2D eigenvalue weighted by Crippen LogP contribution is 2.14. The van der Waals surface area contributed by atoms with E-state index in [1.807, 2.05) is 49.2 Å². The van der Waals surface area contributed by atoms with Crippen LogP contribution in [0.4, 0.5) is 10.6 Å². The van der Waals surface area contributed by atoms with Crippen LogP contribution in [0.3, 0.4) is 0 Å². The highest BCUT2D eigenvalue weighted by molar-refractivity contribution is 6.30. The Hall–Kier alpha value is -2.05. The van der Waals surface area contributed by atoms with Gasteiger partial charge >= 0.3 is 6.03 Å². The molecular formula is C17H22ClN5O. The van der Waals surface area contributed by atoms with E-state index in [-0.39, 0.29) is 6.03 Å². The summed E-state index contributed by atoms with van der Waals surface area (Å²) in [5, 5.41) is 7.92. The van der Waals surface area contributed by atoms with Crippen molar-refractivity contribution < 1.29 is 4.79 Å². The third-order valence-electron chi connectivity index (χ3n) is 4.22. The average molecular weight is 348 g/mol. The third kappa shape index (κ3) is 4.07. The number of anilines is 1. The van der Waals surface area contributed by atoms with E-state index in [0.717, 1.165) is 49.3 Å². The minimum Gasteiger partial charge on any atom is -0.322 e. The maximum absolute atomic E-state index is 12.4. The molecule has 2 amide bonds. The average Bonchev–Trinajstić information content (AvgIpc) is 2.88. The first-order chi connectivity index (χ1) is 11.5. The number of carbonyl (C=O) groups is 1. The van der Waals surface area contributed by atoms with Crippen molar-refractivity contribution in [1.29, 1.82) is 0 Å². The van der Waals surface area contributed by atoms with Crippen molar-refractivity contribution in [2.45, 2.75) is 13.5 Å². The van der Waals surface area contributed by atoms with Gasteiger partial charge in [-0.25, -0.2) is 4.79 Å². The number of nitrogens with one attached hydrogen (secondary N) is 1. The molecule has 1 aromatic carbocycles. The Morgan fingerprint density at radius 2 is 1.88 bits per heavy atom. The largest absolute Gasteiger partial charge is 0.323 e. The van der Waals surface area contributed by atoms with E-state index >= 15 is 0 Å². The number of urea groups is 1. The molecule has 0 bridgehead atoms. The molecule has 1 aliphatic heterocycles. The van der Waals surface area contributed by atoms with Crippen LogP contribution in [0.5, 0.6) is 0 Å². The molecule has 3 rings (SSSR count). The van der Waals surface area contributed by atoms with Crippen molar-refractivity contribution in [1.82, 2.24) is 19.6 Å². The predicted octanol–water partition coefficient (Wildman–Crippen LogP) is 2.73. The van der Waals surface area contributed by atoms with E-state index < -0.39 is 0 Å². The third-order valence-corrected chi connectivity index (χ3v) is 4.47. The van der Waals surface area contributed by atoms with Gasteiger partial charge in [-0.3, -0.25) is 14.9 Å². The number of hydrogen-bond donors (Lipinski definition) is 1. The second-order valence-corrected chi connectivity index (χ2v) is 6.55. The van der Waals surface area contributed by atoms with Gasteiger partial charge in [-0.05, 0) is 24.6 Å². The summed E-state index contributed by atoms with van der Waals surface area (Å²) in [6, 6.07) is 9.73. The standard InChI is InChI=1S/C17H22ClN5O/c1-13-11-16(21(2)20-13)19-17(24)23-9-7-22(8-10-23)12-14-3-5-15(18)6-4-14/h3-6,11H,7-10,12H2,1-2H3,(H,19,24). The van der Waals surface area contributed by atoms with E-state index in [4.69, 9.17) is 11.6 Å².